The first-order chi connectivity index (χ1) is 16.8. The number of unbranched alkanes of at least 4 members (excludes halogenated alkanes) is 25. The van der Waals surface area contributed by atoms with Crippen molar-refractivity contribution in [1.82, 2.24) is 0 Å². The molecule has 0 unspecified atom stereocenters. The molecule has 0 aliphatic carbocycles. The van der Waals surface area contributed by atoms with Crippen LogP contribution >= 0.6 is 0 Å². The molecule has 0 atom stereocenters. The molecule has 0 spiro atoms. The van der Waals surface area contributed by atoms with Crippen LogP contribution in [-0.4, -0.2) is 12.6 Å². The van der Waals surface area contributed by atoms with E-state index in [2.05, 4.69) is 13.8 Å². The Morgan fingerprint density at radius 3 is 0.971 bits per heavy atom. The molecule has 2 nitrogen and oxygen atoms in total. The average molecular weight is 481 g/mol. The summed E-state index contributed by atoms with van der Waals surface area (Å²) in [5, 5.41) is 0. The predicted octanol–water partition coefficient (Wildman–Crippen LogP) is 11.5. The van der Waals surface area contributed by atoms with Crippen LogP contribution in [0.5, 0.6) is 0 Å². The Labute approximate surface area is 215 Å². The second kappa shape index (κ2) is 30.5. The highest BCUT2D eigenvalue weighted by Crippen LogP contribution is 2.15. The van der Waals surface area contributed by atoms with E-state index in [0.717, 1.165) is 12.8 Å². The van der Waals surface area contributed by atoms with Gasteiger partial charge in [-0.2, -0.15) is 0 Å². The van der Waals surface area contributed by atoms with Crippen molar-refractivity contribution in [2.75, 3.05) is 6.61 Å². The van der Waals surface area contributed by atoms with Crippen LogP contribution in [0.3, 0.4) is 0 Å². The van der Waals surface area contributed by atoms with Crippen molar-refractivity contribution in [3.8, 4) is 0 Å². The summed E-state index contributed by atoms with van der Waals surface area (Å²) in [6.45, 7) is 5.20. The lowest BCUT2D eigenvalue weighted by Crippen LogP contribution is -2.05. The highest BCUT2D eigenvalue weighted by molar-refractivity contribution is 5.69. The molecule has 0 rings (SSSR count). The molecule has 0 aromatic heterocycles. The van der Waals surface area contributed by atoms with Gasteiger partial charge in [-0.25, -0.2) is 0 Å². The smallest absolute Gasteiger partial charge is 0.305 e. The normalized spacial score (nSPS) is 11.2. The van der Waals surface area contributed by atoms with E-state index in [-0.39, 0.29) is 5.97 Å². The van der Waals surface area contributed by atoms with Crippen LogP contribution in [0, 0.1) is 0 Å². The monoisotopic (exact) mass is 480 g/mol. The number of rotatable bonds is 29. The van der Waals surface area contributed by atoms with Gasteiger partial charge in [0.15, 0.2) is 0 Å². The Kier molecular flexibility index (Phi) is 30.0. The Morgan fingerprint density at radius 1 is 0.382 bits per heavy atom. The quantitative estimate of drug-likeness (QED) is 0.0785. The lowest BCUT2D eigenvalue weighted by molar-refractivity contribution is -0.143. The van der Waals surface area contributed by atoms with E-state index in [1.165, 1.54) is 161 Å². The van der Waals surface area contributed by atoms with Crippen molar-refractivity contribution >= 4 is 5.97 Å². The minimum absolute atomic E-state index is 0.0249. The Bertz CT molecular complexity index is 379. The van der Waals surface area contributed by atoms with Gasteiger partial charge in [-0.3, -0.25) is 4.79 Å². The summed E-state index contributed by atoms with van der Waals surface area (Å²) in [4.78, 5) is 11.8. The van der Waals surface area contributed by atoms with Gasteiger partial charge in [0.1, 0.15) is 0 Å². The minimum atomic E-state index is 0.0249. The molecule has 0 fully saturated rings. The fourth-order valence-electron chi connectivity index (χ4n) is 4.84. The third-order valence-electron chi connectivity index (χ3n) is 7.25. The van der Waals surface area contributed by atoms with Crippen molar-refractivity contribution in [2.45, 2.75) is 194 Å². The number of carbonyl (C=O) groups is 1. The molecular formula is C32H64O2. The van der Waals surface area contributed by atoms with Gasteiger partial charge in [-0.1, -0.05) is 174 Å². The third-order valence-corrected chi connectivity index (χ3v) is 7.25. The summed E-state index contributed by atoms with van der Waals surface area (Å²) in [5.41, 5.74) is 0. The fourth-order valence-corrected chi connectivity index (χ4v) is 4.84. The highest BCUT2D eigenvalue weighted by Gasteiger charge is 2.02. The van der Waals surface area contributed by atoms with Crippen LogP contribution in [0.1, 0.15) is 194 Å². The molecule has 204 valence electrons. The molecule has 0 aromatic carbocycles. The van der Waals surface area contributed by atoms with E-state index >= 15 is 0 Å². The van der Waals surface area contributed by atoms with Gasteiger partial charge in [0.2, 0.25) is 0 Å². The lowest BCUT2D eigenvalue weighted by atomic mass is 10.0. The largest absolute Gasteiger partial charge is 0.466 e. The fraction of sp³-hybridized carbons (Fsp3) is 0.969. The summed E-state index contributed by atoms with van der Waals surface area (Å²) in [7, 11) is 0. The molecule has 0 heterocycles. The average Bonchev–Trinajstić information content (AvgIpc) is 2.84. The van der Waals surface area contributed by atoms with E-state index in [4.69, 9.17) is 4.74 Å². The van der Waals surface area contributed by atoms with Gasteiger partial charge >= 0.3 is 5.97 Å². The van der Waals surface area contributed by atoms with Crippen LogP contribution in [0.2, 0.25) is 0 Å². The third kappa shape index (κ3) is 29.5. The number of carbonyl (C=O) groups excluding carboxylic acids is 1. The van der Waals surface area contributed by atoms with E-state index in [0.29, 0.717) is 13.0 Å². The first kappa shape index (κ1) is 33.5. The van der Waals surface area contributed by atoms with Gasteiger partial charge in [-0.15, -0.1) is 0 Å². The summed E-state index contributed by atoms with van der Waals surface area (Å²) in [5.74, 6) is 0.0249. The van der Waals surface area contributed by atoms with Gasteiger partial charge in [0.25, 0.3) is 0 Å². The van der Waals surface area contributed by atoms with E-state index in [1.807, 2.05) is 0 Å². The van der Waals surface area contributed by atoms with Crippen molar-refractivity contribution in [3.05, 3.63) is 0 Å². The second-order valence-corrected chi connectivity index (χ2v) is 10.8. The van der Waals surface area contributed by atoms with Crippen molar-refractivity contribution in [1.29, 1.82) is 0 Å². The molecule has 0 aromatic rings. The van der Waals surface area contributed by atoms with Crippen LogP contribution in [0.15, 0.2) is 0 Å². The Morgan fingerprint density at radius 2 is 0.647 bits per heavy atom. The maximum Gasteiger partial charge on any atom is 0.305 e. The van der Waals surface area contributed by atoms with Crippen LogP contribution in [0.25, 0.3) is 0 Å². The topological polar surface area (TPSA) is 26.3 Å². The summed E-state index contributed by atoms with van der Waals surface area (Å²) >= 11 is 0. The van der Waals surface area contributed by atoms with E-state index in [9.17, 15) is 4.79 Å². The molecule has 0 N–H and O–H groups in total. The van der Waals surface area contributed by atoms with Crippen LogP contribution in [0.4, 0.5) is 0 Å². The Hall–Kier alpha value is -0.530. The minimum Gasteiger partial charge on any atom is -0.466 e. The molecule has 2 heteroatoms. The zero-order valence-corrected chi connectivity index (χ0v) is 23.8. The lowest BCUT2D eigenvalue weighted by Gasteiger charge is -2.06. The predicted molar refractivity (Wildman–Crippen MR) is 152 cm³/mol. The molecule has 0 aliphatic heterocycles. The van der Waals surface area contributed by atoms with Gasteiger partial charge in [0.05, 0.1) is 6.61 Å². The molecule has 0 amide bonds. The van der Waals surface area contributed by atoms with Crippen LogP contribution < -0.4 is 0 Å². The molecular weight excluding hydrogens is 416 g/mol. The standard InChI is InChI=1S/C32H64O2/c1-3-5-7-9-11-13-15-16-17-18-19-20-21-22-24-26-28-30-32(33)34-31-29-27-25-23-14-12-10-8-6-4-2/h3-31H2,1-2H3. The van der Waals surface area contributed by atoms with Crippen molar-refractivity contribution in [3.63, 3.8) is 0 Å². The zero-order chi connectivity index (χ0) is 24.8. The first-order valence-corrected chi connectivity index (χ1v) is 16.0. The summed E-state index contributed by atoms with van der Waals surface area (Å²) in [6, 6.07) is 0. The van der Waals surface area contributed by atoms with E-state index in [1.54, 1.807) is 0 Å². The molecule has 0 bridgehead atoms. The first-order valence-electron chi connectivity index (χ1n) is 16.0. The maximum absolute atomic E-state index is 11.8. The van der Waals surface area contributed by atoms with Crippen LogP contribution in [-0.2, 0) is 9.53 Å². The Balaban J connectivity index is 3.13. The maximum atomic E-state index is 11.8. The number of hydrogen-bond acceptors (Lipinski definition) is 2. The van der Waals surface area contributed by atoms with Crippen molar-refractivity contribution < 1.29 is 9.53 Å². The highest BCUT2D eigenvalue weighted by atomic mass is 16.5. The number of hydrogen-bond donors (Lipinski definition) is 0. The molecule has 0 saturated carbocycles. The molecule has 0 saturated heterocycles. The SMILES string of the molecule is CCCCCCCCCCCCCCCCCCCC(=O)OCCCCCCCCCCCC. The molecule has 34 heavy (non-hydrogen) atoms. The molecule has 0 aliphatic rings. The second-order valence-electron chi connectivity index (χ2n) is 10.8. The van der Waals surface area contributed by atoms with Crippen molar-refractivity contribution in [2.24, 2.45) is 0 Å². The van der Waals surface area contributed by atoms with Gasteiger partial charge in [-0.05, 0) is 12.8 Å². The summed E-state index contributed by atoms with van der Waals surface area (Å²) in [6.07, 6.45) is 37.2. The van der Waals surface area contributed by atoms with Gasteiger partial charge in [0, 0.05) is 6.42 Å². The summed E-state index contributed by atoms with van der Waals surface area (Å²) < 4.78 is 5.40. The van der Waals surface area contributed by atoms with E-state index < -0.39 is 0 Å². The molecule has 0 radical (unpaired) electrons. The number of ether oxygens (including phenoxy) is 1. The number of esters is 1. The zero-order valence-electron chi connectivity index (χ0n) is 23.8. The van der Waals surface area contributed by atoms with Gasteiger partial charge < -0.3 is 4.74 Å².